The van der Waals surface area contributed by atoms with Gasteiger partial charge in [0.05, 0.1) is 26.9 Å². The lowest BCUT2D eigenvalue weighted by molar-refractivity contribution is -0.358. The number of benzene rings is 3. The van der Waals surface area contributed by atoms with E-state index in [1.54, 1.807) is 0 Å². The molecular formula is C44H50O24. The minimum Gasteiger partial charge on any atom is -0.507 e. The van der Waals surface area contributed by atoms with E-state index in [1.165, 1.54) is 63.6 Å². The Balaban J connectivity index is 1.20. The molecule has 3 aliphatic rings. The number of aromatic hydroxyl groups is 3. The van der Waals surface area contributed by atoms with Gasteiger partial charge in [-0.1, -0.05) is 6.07 Å². The van der Waals surface area contributed by atoms with E-state index in [4.69, 9.17) is 47.0 Å². The number of ether oxygens (including phenoxy) is 9. The fourth-order valence-corrected chi connectivity index (χ4v) is 7.59. The highest BCUT2D eigenvalue weighted by Crippen LogP contribution is 2.41. The van der Waals surface area contributed by atoms with Crippen molar-refractivity contribution < 1.29 is 113 Å². The maximum atomic E-state index is 14.5. The second-order valence-electron chi connectivity index (χ2n) is 15.9. The monoisotopic (exact) mass is 962 g/mol. The predicted molar refractivity (Wildman–Crippen MR) is 225 cm³/mol. The number of hydrogen-bond donors (Lipinski definition) is 12. The Morgan fingerprint density at radius 3 is 2.00 bits per heavy atom. The van der Waals surface area contributed by atoms with Crippen LogP contribution in [0.2, 0.25) is 0 Å². The summed E-state index contributed by atoms with van der Waals surface area (Å²) in [4.78, 5) is 27.2. The minimum absolute atomic E-state index is 0.0258. The Hall–Kier alpha value is -5.84. The van der Waals surface area contributed by atoms with Gasteiger partial charge in [-0.2, -0.15) is 0 Å². The standard InChI is InChI=1S/C44H50O24/c1-16-30(50)34(54)37(57)42(62-16)63-19-12-22(48)29-25(13-19)64-39(18-6-8-21(47)24(11-18)60-3)40(33(29)53)67-44-41(36(56)31(51)26(14-45)65-44)68-43-38(58)35(55)32(52)27(66-43)15-61-28(49)9-5-17-4-7-20(46)23(10-17)59-2/h4-13,16,26-27,30-32,34-38,41-48,50-52,54-58H,14-15H2,1-3H3/b9-5+/t16-,26+,27+,30-,31+,32+,34+,35-,36-,37+,38+,41+,42-,43-,44-/m0/s1. The van der Waals surface area contributed by atoms with Crippen LogP contribution in [0.3, 0.4) is 0 Å². The number of fused-ring (bicyclic) bond motifs is 1. The van der Waals surface area contributed by atoms with Gasteiger partial charge in [0.1, 0.15) is 90.1 Å². The predicted octanol–water partition coefficient (Wildman–Crippen LogP) is -1.93. The molecule has 0 amide bonds. The molecule has 3 aromatic carbocycles. The summed E-state index contributed by atoms with van der Waals surface area (Å²) in [6, 6.07) is 9.97. The topological polar surface area (TPSA) is 373 Å². The molecule has 15 atom stereocenters. The first kappa shape index (κ1) is 50.0. The van der Waals surface area contributed by atoms with E-state index < -0.39 is 139 Å². The summed E-state index contributed by atoms with van der Waals surface area (Å²) < 4.78 is 56.3. The average Bonchev–Trinajstić information content (AvgIpc) is 3.32. The van der Waals surface area contributed by atoms with Crippen molar-refractivity contribution in [2.24, 2.45) is 0 Å². The molecule has 3 fully saturated rings. The van der Waals surface area contributed by atoms with Gasteiger partial charge >= 0.3 is 5.97 Å². The molecule has 3 saturated heterocycles. The number of methoxy groups -OCH3 is 2. The molecule has 0 aliphatic carbocycles. The summed E-state index contributed by atoms with van der Waals surface area (Å²) in [5.41, 5.74) is -1.10. The molecule has 7 rings (SSSR count). The zero-order valence-corrected chi connectivity index (χ0v) is 36.1. The Kier molecular flexibility index (Phi) is 15.3. The molecule has 370 valence electrons. The van der Waals surface area contributed by atoms with Crippen LogP contribution in [0.25, 0.3) is 28.4 Å². The summed E-state index contributed by atoms with van der Waals surface area (Å²) in [6.45, 7) is -0.264. The van der Waals surface area contributed by atoms with E-state index in [1.807, 2.05) is 0 Å². The number of phenolic OH excluding ortho intramolecular Hbond substituents is 3. The highest BCUT2D eigenvalue weighted by Gasteiger charge is 2.52. The van der Waals surface area contributed by atoms with Gasteiger partial charge in [0, 0.05) is 23.8 Å². The zero-order chi connectivity index (χ0) is 49.3. The van der Waals surface area contributed by atoms with Crippen LogP contribution in [0.4, 0.5) is 0 Å². The fourth-order valence-electron chi connectivity index (χ4n) is 7.59. The van der Waals surface area contributed by atoms with Crippen molar-refractivity contribution in [2.45, 2.75) is 99.0 Å². The van der Waals surface area contributed by atoms with E-state index in [2.05, 4.69) is 0 Å². The zero-order valence-electron chi connectivity index (χ0n) is 36.1. The first-order valence-corrected chi connectivity index (χ1v) is 20.8. The van der Waals surface area contributed by atoms with E-state index in [9.17, 15) is 70.9 Å². The van der Waals surface area contributed by atoms with Crippen LogP contribution in [-0.2, 0) is 28.5 Å². The van der Waals surface area contributed by atoms with E-state index in [0.29, 0.717) is 5.56 Å². The van der Waals surface area contributed by atoms with Crippen molar-refractivity contribution >= 4 is 23.0 Å². The van der Waals surface area contributed by atoms with Gasteiger partial charge in [-0.3, -0.25) is 4.79 Å². The van der Waals surface area contributed by atoms with Gasteiger partial charge in [0.2, 0.25) is 23.8 Å². The third-order valence-corrected chi connectivity index (χ3v) is 11.4. The van der Waals surface area contributed by atoms with Crippen LogP contribution in [0.5, 0.6) is 40.2 Å². The van der Waals surface area contributed by atoms with Gasteiger partial charge in [0.25, 0.3) is 0 Å². The van der Waals surface area contributed by atoms with Gasteiger partial charge in [-0.25, -0.2) is 4.79 Å². The molecule has 0 spiro atoms. The lowest BCUT2D eigenvalue weighted by Gasteiger charge is -2.45. The number of rotatable bonds is 14. The summed E-state index contributed by atoms with van der Waals surface area (Å²) in [5.74, 6) is -3.72. The Morgan fingerprint density at radius 1 is 0.676 bits per heavy atom. The van der Waals surface area contributed by atoms with Crippen molar-refractivity contribution in [3.8, 4) is 51.6 Å². The Morgan fingerprint density at radius 2 is 1.31 bits per heavy atom. The molecule has 0 bridgehead atoms. The normalized spacial score (nSPS) is 31.9. The highest BCUT2D eigenvalue weighted by atomic mass is 16.8. The number of hydrogen-bond acceptors (Lipinski definition) is 24. The van der Waals surface area contributed by atoms with Gasteiger partial charge in [-0.15, -0.1) is 0 Å². The van der Waals surface area contributed by atoms with Crippen molar-refractivity contribution in [3.63, 3.8) is 0 Å². The molecule has 4 heterocycles. The minimum atomic E-state index is -2.10. The number of esters is 1. The summed E-state index contributed by atoms with van der Waals surface area (Å²) in [5, 5.41) is 127. The van der Waals surface area contributed by atoms with Crippen molar-refractivity contribution in [2.75, 3.05) is 27.4 Å². The second kappa shape index (κ2) is 20.8. The third kappa shape index (κ3) is 10.1. The lowest BCUT2D eigenvalue weighted by Crippen LogP contribution is -2.65. The van der Waals surface area contributed by atoms with Gasteiger partial charge in [0.15, 0.2) is 41.2 Å². The molecule has 1 aromatic heterocycles. The van der Waals surface area contributed by atoms with Crippen molar-refractivity contribution in [1.82, 2.24) is 0 Å². The number of phenols is 3. The van der Waals surface area contributed by atoms with Crippen molar-refractivity contribution in [3.05, 3.63) is 70.4 Å². The molecule has 0 radical (unpaired) electrons. The Bertz CT molecular complexity index is 2510. The molecule has 24 nitrogen and oxygen atoms in total. The summed E-state index contributed by atoms with van der Waals surface area (Å²) >= 11 is 0. The largest absolute Gasteiger partial charge is 0.507 e. The van der Waals surface area contributed by atoms with Crippen LogP contribution in [0.1, 0.15) is 12.5 Å². The fraction of sp³-hybridized carbons (Fsp3) is 0.455. The smallest absolute Gasteiger partial charge is 0.330 e. The van der Waals surface area contributed by atoms with Crippen molar-refractivity contribution in [1.29, 1.82) is 0 Å². The molecule has 3 aliphatic heterocycles. The molecule has 0 saturated carbocycles. The number of aliphatic hydroxyl groups excluding tert-OH is 9. The number of carbonyl (C=O) groups is 1. The van der Waals surface area contributed by atoms with Crippen LogP contribution in [0.15, 0.2) is 63.8 Å². The first-order valence-electron chi connectivity index (χ1n) is 20.8. The quantitative estimate of drug-likeness (QED) is 0.0483. The van der Waals surface area contributed by atoms with E-state index in [0.717, 1.165) is 18.2 Å². The second-order valence-corrected chi connectivity index (χ2v) is 15.9. The first-order chi connectivity index (χ1) is 32.3. The highest BCUT2D eigenvalue weighted by molar-refractivity contribution is 5.89. The maximum absolute atomic E-state index is 14.5. The Labute approximate surface area is 384 Å². The van der Waals surface area contributed by atoms with Gasteiger partial charge in [-0.05, 0) is 48.9 Å². The number of aliphatic hydroxyl groups is 9. The van der Waals surface area contributed by atoms with E-state index in [-0.39, 0.29) is 39.9 Å². The summed E-state index contributed by atoms with van der Waals surface area (Å²) in [7, 11) is 2.56. The molecule has 24 heteroatoms. The maximum Gasteiger partial charge on any atom is 0.330 e. The molecule has 12 N–H and O–H groups in total. The average molecular weight is 963 g/mol. The van der Waals surface area contributed by atoms with Crippen LogP contribution in [-0.4, -0.2) is 187 Å². The van der Waals surface area contributed by atoms with Crippen LogP contribution < -0.4 is 24.4 Å². The molecule has 0 unspecified atom stereocenters. The lowest BCUT2D eigenvalue weighted by atomic mass is 9.97. The molecule has 68 heavy (non-hydrogen) atoms. The van der Waals surface area contributed by atoms with Crippen LogP contribution >= 0.6 is 0 Å². The molecular weight excluding hydrogens is 912 g/mol. The van der Waals surface area contributed by atoms with Gasteiger partial charge < -0.3 is 108 Å². The molecule has 4 aromatic rings. The summed E-state index contributed by atoms with van der Waals surface area (Å²) in [6.07, 6.45) is -24.5. The van der Waals surface area contributed by atoms with E-state index >= 15 is 0 Å². The van der Waals surface area contributed by atoms with Crippen LogP contribution in [0, 0.1) is 0 Å². The SMILES string of the molecule is COc1cc(/C=C/C(=O)OC[C@H]2O[C@@H](O[C@H]3[C@H](Oc4c(-c5ccc(O)c(OC)c5)oc5cc(O[C@@H]6O[C@@H](C)[C@H](O)[C@@H](O)[C@H]6O)cc(O)c5c4=O)O[C@H](CO)[C@@H](O)[C@@H]3O)[C@H](O)[C@@H](O)[C@@H]2O)ccc1O. The number of carbonyl (C=O) groups excluding carboxylic acids is 1. The third-order valence-electron chi connectivity index (χ3n) is 11.4.